The Morgan fingerprint density at radius 3 is 2.53 bits per heavy atom. The molecule has 94 valence electrons. The van der Waals surface area contributed by atoms with Crippen LogP contribution >= 0.6 is 0 Å². The van der Waals surface area contributed by atoms with Gasteiger partial charge in [0.05, 0.1) is 0 Å². The number of aromatic nitrogens is 1. The molecule has 0 fully saturated rings. The van der Waals surface area contributed by atoms with Crippen LogP contribution in [0.3, 0.4) is 0 Å². The molecule has 17 heavy (non-hydrogen) atoms. The number of rotatable bonds is 3. The Bertz CT molecular complexity index is 448. The van der Waals surface area contributed by atoms with Gasteiger partial charge in [0, 0.05) is 6.07 Å². The van der Waals surface area contributed by atoms with Crippen LogP contribution in [0.15, 0.2) is 6.07 Å². The Morgan fingerprint density at radius 1 is 1.53 bits per heavy atom. The predicted octanol–water partition coefficient (Wildman–Crippen LogP) is 2.06. The van der Waals surface area contributed by atoms with Crippen LogP contribution in [0.5, 0.6) is 11.5 Å². The molecule has 0 aromatic carbocycles. The topological polar surface area (TPSA) is 85.5 Å². The molecule has 0 bridgehead atoms. The lowest BCUT2D eigenvalue weighted by atomic mass is 10.3. The van der Waals surface area contributed by atoms with E-state index in [4.69, 9.17) is 5.11 Å². The molecule has 0 aliphatic carbocycles. The maximum absolute atomic E-state index is 12.2. The van der Waals surface area contributed by atoms with E-state index in [0.717, 1.165) is 0 Å². The first kappa shape index (κ1) is 12.9. The summed E-state index contributed by atoms with van der Waals surface area (Å²) in [6.07, 6.45) is -5.17. The Labute approximate surface area is 90.6 Å². The second kappa shape index (κ2) is 4.39. The smallest absolute Gasteiger partial charge is 0.498 e. The highest BCUT2D eigenvalue weighted by Crippen LogP contribution is 2.37. The normalized spacial score (nSPS) is 11.3. The fourth-order valence-electron chi connectivity index (χ4n) is 0.949. The summed E-state index contributed by atoms with van der Waals surface area (Å²) in [7, 11) is 0. The SMILES string of the molecule is O=[N+]([O-])c1nc(CF)cc(OC(F)(F)F)c1O. The number of nitrogens with zero attached hydrogens (tertiary/aromatic N) is 2. The van der Waals surface area contributed by atoms with Gasteiger partial charge in [0.15, 0.2) is 18.1 Å². The Balaban J connectivity index is 3.29. The molecule has 0 saturated heterocycles. The molecule has 0 radical (unpaired) electrons. The minimum absolute atomic E-state index is 0.426. The van der Waals surface area contributed by atoms with E-state index in [-0.39, 0.29) is 0 Å². The molecule has 0 amide bonds. The third-order valence-corrected chi connectivity index (χ3v) is 1.53. The van der Waals surface area contributed by atoms with Gasteiger partial charge in [-0.05, 0) is 9.91 Å². The fraction of sp³-hybridized carbons (Fsp3) is 0.286. The number of hydrogen-bond acceptors (Lipinski definition) is 5. The first-order valence-electron chi connectivity index (χ1n) is 3.93. The Hall–Kier alpha value is -2.13. The van der Waals surface area contributed by atoms with Gasteiger partial charge in [-0.15, -0.1) is 13.2 Å². The quantitative estimate of drug-likeness (QED) is 0.508. The highest BCUT2D eigenvalue weighted by Gasteiger charge is 2.35. The largest absolute Gasteiger partial charge is 0.573 e. The first-order chi connectivity index (χ1) is 7.74. The second-order valence-corrected chi connectivity index (χ2v) is 2.72. The van der Waals surface area contributed by atoms with Crippen LogP contribution in [0.1, 0.15) is 5.69 Å². The fourth-order valence-corrected chi connectivity index (χ4v) is 0.949. The van der Waals surface area contributed by atoms with Crippen LogP contribution in [0.2, 0.25) is 0 Å². The number of nitro groups is 1. The van der Waals surface area contributed by atoms with Crippen LogP contribution in [-0.4, -0.2) is 21.4 Å². The number of aromatic hydroxyl groups is 1. The standard InChI is InChI=1S/C7H4F4N2O4/c8-2-3-1-4(17-7(9,10)11)5(14)6(12-3)13(15)16/h1,14H,2H2. The summed E-state index contributed by atoms with van der Waals surface area (Å²) < 4.78 is 51.1. The van der Waals surface area contributed by atoms with E-state index >= 15 is 0 Å². The second-order valence-electron chi connectivity index (χ2n) is 2.72. The summed E-state index contributed by atoms with van der Waals surface area (Å²) in [5.74, 6) is -3.99. The summed E-state index contributed by atoms with van der Waals surface area (Å²) >= 11 is 0. The van der Waals surface area contributed by atoms with E-state index < -0.39 is 41.0 Å². The van der Waals surface area contributed by atoms with Gasteiger partial charge in [-0.1, -0.05) is 0 Å². The van der Waals surface area contributed by atoms with Crippen molar-refractivity contribution in [1.29, 1.82) is 0 Å². The molecule has 0 atom stereocenters. The van der Waals surface area contributed by atoms with Gasteiger partial charge in [0.25, 0.3) is 5.75 Å². The van der Waals surface area contributed by atoms with Gasteiger partial charge in [-0.3, -0.25) is 0 Å². The molecule has 1 heterocycles. The first-order valence-corrected chi connectivity index (χ1v) is 3.93. The van der Waals surface area contributed by atoms with Crippen molar-refractivity contribution in [3.63, 3.8) is 0 Å². The third kappa shape index (κ3) is 3.16. The van der Waals surface area contributed by atoms with E-state index in [1.54, 1.807) is 0 Å². The molecule has 0 spiro atoms. The average Bonchev–Trinajstić information content (AvgIpc) is 2.18. The summed E-state index contributed by atoms with van der Waals surface area (Å²) in [6.45, 7) is -1.34. The summed E-state index contributed by atoms with van der Waals surface area (Å²) in [4.78, 5) is 12.1. The van der Waals surface area contributed by atoms with E-state index in [0.29, 0.717) is 6.07 Å². The molecule has 1 aromatic heterocycles. The molecule has 1 rings (SSSR count). The minimum Gasteiger partial charge on any atom is -0.498 e. The molecule has 1 aromatic rings. The predicted molar refractivity (Wildman–Crippen MR) is 44.1 cm³/mol. The van der Waals surface area contributed by atoms with E-state index in [1.165, 1.54) is 0 Å². The van der Waals surface area contributed by atoms with Gasteiger partial charge < -0.3 is 20.0 Å². The highest BCUT2D eigenvalue weighted by atomic mass is 19.4. The Kier molecular flexibility index (Phi) is 3.34. The molecule has 0 aliphatic heterocycles. The van der Waals surface area contributed by atoms with Crippen LogP contribution in [0.25, 0.3) is 0 Å². The molecular formula is C7H4F4N2O4. The average molecular weight is 256 g/mol. The highest BCUT2D eigenvalue weighted by molar-refractivity contribution is 5.51. The molecule has 10 heteroatoms. The summed E-state index contributed by atoms with van der Waals surface area (Å²) in [6, 6.07) is 0.426. The van der Waals surface area contributed by atoms with Crippen LogP contribution in [0.4, 0.5) is 23.4 Å². The van der Waals surface area contributed by atoms with Crippen molar-refractivity contribution in [2.45, 2.75) is 13.0 Å². The van der Waals surface area contributed by atoms with Crippen LogP contribution in [0, 0.1) is 10.1 Å². The van der Waals surface area contributed by atoms with Gasteiger partial charge in [-0.2, -0.15) is 0 Å². The van der Waals surface area contributed by atoms with E-state index in [1.807, 2.05) is 0 Å². The van der Waals surface area contributed by atoms with Gasteiger partial charge in [0.1, 0.15) is 0 Å². The van der Waals surface area contributed by atoms with Crippen molar-refractivity contribution in [2.75, 3.05) is 0 Å². The van der Waals surface area contributed by atoms with Crippen LogP contribution in [-0.2, 0) is 6.67 Å². The maximum Gasteiger partial charge on any atom is 0.573 e. The van der Waals surface area contributed by atoms with Crippen molar-refractivity contribution in [3.05, 3.63) is 21.9 Å². The number of halogens is 4. The molecular weight excluding hydrogens is 252 g/mol. The molecule has 0 saturated carbocycles. The zero-order chi connectivity index (χ0) is 13.2. The molecule has 0 unspecified atom stereocenters. The molecule has 1 N–H and O–H groups in total. The summed E-state index contributed by atoms with van der Waals surface area (Å²) in [5.41, 5.74) is -0.659. The number of pyridine rings is 1. The van der Waals surface area contributed by atoms with Crippen LogP contribution < -0.4 is 4.74 Å². The number of hydrogen-bond donors (Lipinski definition) is 1. The molecule has 6 nitrogen and oxygen atoms in total. The minimum atomic E-state index is -5.17. The van der Waals surface area contributed by atoms with Crippen molar-refractivity contribution in [2.24, 2.45) is 0 Å². The lowest BCUT2D eigenvalue weighted by Gasteiger charge is -2.09. The Morgan fingerprint density at radius 2 is 2.12 bits per heavy atom. The van der Waals surface area contributed by atoms with Crippen molar-refractivity contribution in [1.82, 2.24) is 4.98 Å². The van der Waals surface area contributed by atoms with Gasteiger partial charge >= 0.3 is 12.2 Å². The molecule has 0 aliphatic rings. The van der Waals surface area contributed by atoms with Gasteiger partial charge in [-0.25, -0.2) is 4.39 Å². The zero-order valence-electron chi connectivity index (χ0n) is 7.86. The lowest BCUT2D eigenvalue weighted by Crippen LogP contribution is -2.17. The van der Waals surface area contributed by atoms with Crippen molar-refractivity contribution < 1.29 is 32.3 Å². The third-order valence-electron chi connectivity index (χ3n) is 1.53. The van der Waals surface area contributed by atoms with Gasteiger partial charge in [0.2, 0.25) is 0 Å². The number of alkyl halides is 4. The van der Waals surface area contributed by atoms with Crippen molar-refractivity contribution >= 4 is 5.82 Å². The zero-order valence-corrected chi connectivity index (χ0v) is 7.86. The number of ether oxygens (including phenoxy) is 1. The van der Waals surface area contributed by atoms with Crippen molar-refractivity contribution in [3.8, 4) is 11.5 Å². The maximum atomic E-state index is 12.2. The summed E-state index contributed by atoms with van der Waals surface area (Å²) in [5, 5.41) is 19.4. The lowest BCUT2D eigenvalue weighted by molar-refractivity contribution is -0.391. The van der Waals surface area contributed by atoms with E-state index in [9.17, 15) is 27.7 Å². The monoisotopic (exact) mass is 256 g/mol. The van der Waals surface area contributed by atoms with E-state index in [2.05, 4.69) is 9.72 Å².